The second-order valence-electron chi connectivity index (χ2n) is 5.24. The number of nitrogens with one attached hydrogen (secondary N) is 2. The van der Waals surface area contributed by atoms with Crippen LogP contribution in [0.1, 0.15) is 45.4 Å². The third-order valence-corrected chi connectivity index (χ3v) is 3.36. The largest absolute Gasteiger partial charge is 0.382 e. The first-order chi connectivity index (χ1) is 9.72. The van der Waals surface area contributed by atoms with E-state index >= 15 is 0 Å². The number of hydrogen-bond donors (Lipinski definition) is 2. The Bertz CT molecular complexity index is 527. The molecule has 2 N–H and O–H groups in total. The highest BCUT2D eigenvalue weighted by Gasteiger charge is 2.08. The van der Waals surface area contributed by atoms with E-state index in [4.69, 9.17) is 0 Å². The molecule has 4 nitrogen and oxygen atoms in total. The van der Waals surface area contributed by atoms with Crippen molar-refractivity contribution in [3.8, 4) is 11.4 Å². The summed E-state index contributed by atoms with van der Waals surface area (Å²) in [6.07, 6.45) is 4.82. The van der Waals surface area contributed by atoms with Crippen LogP contribution in [-0.2, 0) is 0 Å². The van der Waals surface area contributed by atoms with E-state index in [0.717, 1.165) is 22.9 Å². The van der Waals surface area contributed by atoms with Crippen LogP contribution in [-0.4, -0.2) is 21.2 Å². The average molecular weight is 272 g/mol. The summed E-state index contributed by atoms with van der Waals surface area (Å²) in [6, 6.07) is 8.89. The fraction of sp³-hybridized carbons (Fsp3) is 0.500. The first-order valence-corrected chi connectivity index (χ1v) is 7.49. The Morgan fingerprint density at radius 2 is 1.95 bits per heavy atom. The highest BCUT2D eigenvalue weighted by Crippen LogP contribution is 2.21. The molecule has 2 aromatic rings. The molecule has 0 saturated heterocycles. The molecule has 0 saturated carbocycles. The quantitative estimate of drug-likeness (QED) is 0.795. The van der Waals surface area contributed by atoms with Crippen molar-refractivity contribution in [2.75, 3.05) is 5.32 Å². The predicted molar refractivity (Wildman–Crippen MR) is 83.8 cm³/mol. The minimum absolute atomic E-state index is 0.550. The van der Waals surface area contributed by atoms with Crippen molar-refractivity contribution < 1.29 is 0 Å². The predicted octanol–water partition coefficient (Wildman–Crippen LogP) is 4.16. The summed E-state index contributed by atoms with van der Waals surface area (Å²) < 4.78 is 0. The van der Waals surface area contributed by atoms with Gasteiger partial charge in [-0.1, -0.05) is 38.8 Å². The molecule has 2 rings (SSSR count). The van der Waals surface area contributed by atoms with E-state index in [9.17, 15) is 0 Å². The maximum absolute atomic E-state index is 4.38. The lowest BCUT2D eigenvalue weighted by atomic mass is 10.1. The fourth-order valence-electron chi connectivity index (χ4n) is 2.44. The van der Waals surface area contributed by atoms with Crippen molar-refractivity contribution in [1.82, 2.24) is 15.2 Å². The van der Waals surface area contributed by atoms with Crippen LogP contribution in [0.25, 0.3) is 11.4 Å². The van der Waals surface area contributed by atoms with Gasteiger partial charge in [0, 0.05) is 17.3 Å². The maximum atomic E-state index is 4.38. The number of benzene rings is 1. The Morgan fingerprint density at radius 1 is 1.20 bits per heavy atom. The van der Waals surface area contributed by atoms with E-state index in [-0.39, 0.29) is 0 Å². The van der Waals surface area contributed by atoms with Crippen LogP contribution in [0, 0.1) is 6.92 Å². The molecule has 0 bridgehead atoms. The third-order valence-electron chi connectivity index (χ3n) is 3.36. The average Bonchev–Trinajstić information content (AvgIpc) is 2.86. The topological polar surface area (TPSA) is 53.6 Å². The number of aromatic amines is 1. The smallest absolute Gasteiger partial charge is 0.181 e. The lowest BCUT2D eigenvalue weighted by Crippen LogP contribution is -2.18. The number of hydrogen-bond acceptors (Lipinski definition) is 3. The highest BCUT2D eigenvalue weighted by atomic mass is 15.2. The zero-order valence-corrected chi connectivity index (χ0v) is 12.6. The molecule has 1 aromatic carbocycles. The van der Waals surface area contributed by atoms with Gasteiger partial charge in [-0.2, -0.15) is 5.10 Å². The molecule has 0 amide bonds. The van der Waals surface area contributed by atoms with Crippen LogP contribution < -0.4 is 5.32 Å². The van der Waals surface area contributed by atoms with Crippen LogP contribution in [0.15, 0.2) is 24.3 Å². The van der Waals surface area contributed by atoms with E-state index in [1.54, 1.807) is 0 Å². The van der Waals surface area contributed by atoms with Gasteiger partial charge in [0.2, 0.25) is 0 Å². The lowest BCUT2D eigenvalue weighted by molar-refractivity contribution is 0.586. The van der Waals surface area contributed by atoms with E-state index in [2.05, 4.69) is 52.5 Å². The summed E-state index contributed by atoms with van der Waals surface area (Å²) >= 11 is 0. The summed E-state index contributed by atoms with van der Waals surface area (Å²) in [4.78, 5) is 4.38. The Labute approximate surface area is 121 Å². The zero-order chi connectivity index (χ0) is 14.4. The van der Waals surface area contributed by atoms with Gasteiger partial charge >= 0.3 is 0 Å². The Hall–Kier alpha value is -1.84. The van der Waals surface area contributed by atoms with E-state index in [0.29, 0.717) is 6.04 Å². The normalized spacial score (nSPS) is 11.0. The van der Waals surface area contributed by atoms with Crippen molar-refractivity contribution in [2.24, 2.45) is 0 Å². The van der Waals surface area contributed by atoms with Gasteiger partial charge in [-0.15, -0.1) is 0 Å². The van der Waals surface area contributed by atoms with Crippen molar-refractivity contribution in [1.29, 1.82) is 0 Å². The Balaban J connectivity index is 2.12. The van der Waals surface area contributed by atoms with Gasteiger partial charge in [0.1, 0.15) is 5.82 Å². The molecule has 0 atom stereocenters. The number of anilines is 1. The van der Waals surface area contributed by atoms with Crippen molar-refractivity contribution >= 4 is 5.69 Å². The molecule has 0 fully saturated rings. The monoisotopic (exact) mass is 272 g/mol. The van der Waals surface area contributed by atoms with Crippen LogP contribution in [0.2, 0.25) is 0 Å². The van der Waals surface area contributed by atoms with E-state index in [1.807, 2.05) is 13.0 Å². The third kappa shape index (κ3) is 3.83. The minimum Gasteiger partial charge on any atom is -0.382 e. The van der Waals surface area contributed by atoms with Crippen LogP contribution in [0.3, 0.4) is 0 Å². The second kappa shape index (κ2) is 7.08. The highest BCUT2D eigenvalue weighted by molar-refractivity contribution is 5.62. The molecule has 1 heterocycles. The van der Waals surface area contributed by atoms with Gasteiger partial charge in [0.15, 0.2) is 5.82 Å². The Morgan fingerprint density at radius 3 is 2.55 bits per heavy atom. The molecule has 108 valence electrons. The van der Waals surface area contributed by atoms with Crippen LogP contribution in [0.4, 0.5) is 5.69 Å². The lowest BCUT2D eigenvalue weighted by Gasteiger charge is -2.19. The Kier molecular flexibility index (Phi) is 5.16. The van der Waals surface area contributed by atoms with Crippen molar-refractivity contribution in [3.63, 3.8) is 0 Å². The molecule has 0 aliphatic rings. The summed E-state index contributed by atoms with van der Waals surface area (Å²) in [5.74, 6) is 1.60. The van der Waals surface area contributed by atoms with Crippen LogP contribution >= 0.6 is 0 Å². The van der Waals surface area contributed by atoms with Gasteiger partial charge in [-0.25, -0.2) is 4.98 Å². The van der Waals surface area contributed by atoms with Crippen molar-refractivity contribution in [3.05, 3.63) is 30.1 Å². The SMILES string of the molecule is CCCC(CCC)Nc1cccc(-c2n[nH]c(C)n2)c1. The minimum atomic E-state index is 0.550. The first kappa shape index (κ1) is 14.6. The standard InChI is InChI=1S/C16H24N4/c1-4-7-14(8-5-2)18-15-10-6-9-13(11-15)16-17-12(3)19-20-16/h6,9-11,14,18H,4-5,7-8H2,1-3H3,(H,17,19,20). The molecule has 0 spiro atoms. The number of aromatic nitrogens is 3. The summed E-state index contributed by atoms with van der Waals surface area (Å²) in [5.41, 5.74) is 2.20. The zero-order valence-electron chi connectivity index (χ0n) is 12.6. The van der Waals surface area contributed by atoms with Crippen molar-refractivity contribution in [2.45, 2.75) is 52.5 Å². The van der Waals surface area contributed by atoms with E-state index < -0.39 is 0 Å². The van der Waals surface area contributed by atoms with E-state index in [1.165, 1.54) is 25.7 Å². The van der Waals surface area contributed by atoms with Crippen LogP contribution in [0.5, 0.6) is 0 Å². The molecule has 20 heavy (non-hydrogen) atoms. The van der Waals surface area contributed by atoms with Gasteiger partial charge in [0.25, 0.3) is 0 Å². The number of H-pyrrole nitrogens is 1. The molecule has 4 heteroatoms. The number of nitrogens with zero attached hydrogens (tertiary/aromatic N) is 2. The first-order valence-electron chi connectivity index (χ1n) is 7.49. The molecule has 0 aliphatic heterocycles. The number of rotatable bonds is 7. The summed E-state index contributed by atoms with van der Waals surface area (Å²) in [7, 11) is 0. The fourth-order valence-corrected chi connectivity index (χ4v) is 2.44. The molecular formula is C16H24N4. The van der Waals surface area contributed by atoms with Gasteiger partial charge < -0.3 is 5.32 Å². The number of aryl methyl sites for hydroxylation is 1. The van der Waals surface area contributed by atoms with Gasteiger partial charge in [-0.3, -0.25) is 5.10 Å². The summed E-state index contributed by atoms with van der Waals surface area (Å²) in [5, 5.41) is 10.7. The summed E-state index contributed by atoms with van der Waals surface area (Å²) in [6.45, 7) is 6.38. The van der Waals surface area contributed by atoms with Gasteiger partial charge in [-0.05, 0) is 31.9 Å². The van der Waals surface area contributed by atoms with Gasteiger partial charge in [0.05, 0.1) is 0 Å². The molecule has 0 aliphatic carbocycles. The second-order valence-corrected chi connectivity index (χ2v) is 5.24. The molecular weight excluding hydrogens is 248 g/mol. The molecule has 0 radical (unpaired) electrons. The molecule has 1 aromatic heterocycles. The maximum Gasteiger partial charge on any atom is 0.181 e. The molecule has 0 unspecified atom stereocenters.